The van der Waals surface area contributed by atoms with Crippen molar-refractivity contribution in [3.8, 4) is 22.6 Å². The van der Waals surface area contributed by atoms with Gasteiger partial charge >= 0.3 is 0 Å². The van der Waals surface area contributed by atoms with Gasteiger partial charge in [-0.1, -0.05) is 24.3 Å². The van der Waals surface area contributed by atoms with E-state index in [9.17, 15) is 9.90 Å². The third-order valence-corrected chi connectivity index (χ3v) is 5.94. The second-order valence-electron chi connectivity index (χ2n) is 7.74. The van der Waals surface area contributed by atoms with Crippen molar-refractivity contribution in [2.24, 2.45) is 15.9 Å². The van der Waals surface area contributed by atoms with Crippen molar-refractivity contribution >= 4 is 18.2 Å². The first-order chi connectivity index (χ1) is 14.7. The van der Waals surface area contributed by atoms with Gasteiger partial charge in [-0.15, -0.1) is 0 Å². The Kier molecular flexibility index (Phi) is 4.62. The molecule has 0 fully saturated rings. The number of aromatic hydroxyl groups is 1. The lowest BCUT2D eigenvalue weighted by molar-refractivity contribution is 0.0952. The van der Waals surface area contributed by atoms with Gasteiger partial charge in [-0.3, -0.25) is 19.3 Å². The minimum Gasteiger partial charge on any atom is -0.504 e. The molecule has 0 bridgehead atoms. The van der Waals surface area contributed by atoms with Crippen LogP contribution in [0.2, 0.25) is 0 Å². The standard InChI is InChI=1S/C24H23N3O3/c1-30-21-13-16(9-10-20(21)28)19-14-27(23-17(19)8-4-12-26-23)24(29)18-7-2-5-15-6-3-11-25-22(15)18/h2,7-11,13-15,28H,3-6,12H2,1H3. The highest BCUT2D eigenvalue weighted by atomic mass is 16.5. The molecule has 0 saturated heterocycles. The van der Waals surface area contributed by atoms with Crippen LogP contribution in [0.1, 0.15) is 30.5 Å². The van der Waals surface area contributed by atoms with E-state index in [2.05, 4.69) is 22.1 Å². The van der Waals surface area contributed by atoms with Crippen molar-refractivity contribution < 1.29 is 14.6 Å². The number of phenols is 1. The van der Waals surface area contributed by atoms with Crippen LogP contribution in [0.3, 0.4) is 0 Å². The third-order valence-electron chi connectivity index (χ3n) is 5.94. The molecule has 0 radical (unpaired) electrons. The highest BCUT2D eigenvalue weighted by Crippen LogP contribution is 2.33. The molecule has 5 rings (SSSR count). The monoisotopic (exact) mass is 401 g/mol. The molecule has 1 N–H and O–H groups in total. The fraction of sp³-hybridized carbons (Fsp3) is 0.292. The van der Waals surface area contributed by atoms with E-state index in [-0.39, 0.29) is 11.7 Å². The number of hydrogen-bond donors (Lipinski definition) is 1. The Morgan fingerprint density at radius 3 is 3.07 bits per heavy atom. The summed E-state index contributed by atoms with van der Waals surface area (Å²) in [6.45, 7) is 0.658. The Labute approximate surface area is 174 Å². The molecule has 30 heavy (non-hydrogen) atoms. The van der Waals surface area contributed by atoms with Gasteiger partial charge in [0.25, 0.3) is 5.91 Å². The summed E-state index contributed by atoms with van der Waals surface area (Å²) < 4.78 is 6.92. The molecule has 1 aromatic heterocycles. The molecule has 1 atom stereocenters. The number of ether oxygens (including phenoxy) is 1. The van der Waals surface area contributed by atoms with E-state index in [0.717, 1.165) is 47.7 Å². The summed E-state index contributed by atoms with van der Waals surface area (Å²) >= 11 is 0. The molecular formula is C24H23N3O3. The fourth-order valence-corrected chi connectivity index (χ4v) is 4.43. The summed E-state index contributed by atoms with van der Waals surface area (Å²) in [5.74, 6) is 0.694. The van der Waals surface area contributed by atoms with Crippen molar-refractivity contribution in [3.05, 3.63) is 58.5 Å². The molecule has 1 aliphatic carbocycles. The summed E-state index contributed by atoms with van der Waals surface area (Å²) in [6, 6.07) is 5.22. The lowest BCUT2D eigenvalue weighted by Crippen LogP contribution is -2.36. The van der Waals surface area contributed by atoms with Crippen LogP contribution in [-0.2, 0) is 0 Å². The maximum absolute atomic E-state index is 13.6. The molecule has 6 nitrogen and oxygen atoms in total. The lowest BCUT2D eigenvalue weighted by atomic mass is 9.87. The van der Waals surface area contributed by atoms with E-state index in [1.165, 1.54) is 7.11 Å². The number of hydrogen-bond acceptors (Lipinski definition) is 5. The number of carbonyl (C=O) groups excluding carboxylic acids is 1. The topological polar surface area (TPSA) is 76.2 Å². The zero-order chi connectivity index (χ0) is 20.7. The van der Waals surface area contributed by atoms with Crippen molar-refractivity contribution in [3.63, 3.8) is 0 Å². The highest BCUT2D eigenvalue weighted by Gasteiger charge is 2.27. The Morgan fingerprint density at radius 1 is 1.30 bits per heavy atom. The van der Waals surface area contributed by atoms with Gasteiger partial charge in [-0.25, -0.2) is 0 Å². The zero-order valence-electron chi connectivity index (χ0n) is 16.8. The van der Waals surface area contributed by atoms with Crippen molar-refractivity contribution in [2.75, 3.05) is 13.7 Å². The van der Waals surface area contributed by atoms with Gasteiger partial charge in [0.1, 0.15) is 5.49 Å². The van der Waals surface area contributed by atoms with Crippen LogP contribution in [0.25, 0.3) is 17.2 Å². The van der Waals surface area contributed by atoms with E-state index in [0.29, 0.717) is 29.3 Å². The Bertz CT molecular complexity index is 1250. The maximum Gasteiger partial charge on any atom is 0.265 e. The van der Waals surface area contributed by atoms with Crippen molar-refractivity contribution in [2.45, 2.75) is 25.7 Å². The molecule has 2 aliphatic heterocycles. The first-order valence-corrected chi connectivity index (χ1v) is 10.3. The Hall–Kier alpha value is -3.41. The first-order valence-electron chi connectivity index (χ1n) is 10.3. The predicted octanol–water partition coefficient (Wildman–Crippen LogP) is 3.01. The fourth-order valence-electron chi connectivity index (χ4n) is 4.43. The number of phenolic OH excluding ortho intramolecular Hbond substituents is 1. The zero-order valence-corrected chi connectivity index (χ0v) is 16.8. The second-order valence-corrected chi connectivity index (χ2v) is 7.74. The lowest BCUT2D eigenvalue weighted by Gasteiger charge is -2.24. The second kappa shape index (κ2) is 7.44. The molecule has 152 valence electrons. The number of benzene rings is 1. The normalized spacial score (nSPS) is 19.6. The first kappa shape index (κ1) is 18.6. The SMILES string of the molecule is COc1cc(-c2cn(C(=O)C3=C4N=CCCC4CC=C3)c3c2=CCCN=3)ccc1O. The number of carbonyl (C=O) groups is 1. The average Bonchev–Trinajstić information content (AvgIpc) is 3.18. The molecule has 3 aliphatic rings. The summed E-state index contributed by atoms with van der Waals surface area (Å²) in [7, 11) is 1.52. The number of allylic oxidation sites excluding steroid dienone is 4. The number of fused-ring (bicyclic) bond motifs is 2. The summed E-state index contributed by atoms with van der Waals surface area (Å²) in [6.07, 6.45) is 13.6. The van der Waals surface area contributed by atoms with Gasteiger partial charge in [0.15, 0.2) is 11.5 Å². The summed E-state index contributed by atoms with van der Waals surface area (Å²) in [5.41, 5.74) is 3.98. The van der Waals surface area contributed by atoms with Gasteiger partial charge < -0.3 is 9.84 Å². The molecule has 0 amide bonds. The molecule has 2 aromatic rings. The average molecular weight is 401 g/mol. The van der Waals surface area contributed by atoms with Crippen LogP contribution in [0.5, 0.6) is 11.5 Å². The minimum atomic E-state index is -0.0997. The van der Waals surface area contributed by atoms with Crippen LogP contribution in [0.15, 0.2) is 57.8 Å². The molecular weight excluding hydrogens is 378 g/mol. The smallest absolute Gasteiger partial charge is 0.265 e. The van der Waals surface area contributed by atoms with Crippen LogP contribution in [0, 0.1) is 5.92 Å². The van der Waals surface area contributed by atoms with Crippen LogP contribution >= 0.6 is 0 Å². The molecule has 3 heterocycles. The molecule has 1 aromatic carbocycles. The van der Waals surface area contributed by atoms with E-state index in [1.807, 2.05) is 24.6 Å². The van der Waals surface area contributed by atoms with Crippen molar-refractivity contribution in [1.82, 2.24) is 4.57 Å². The van der Waals surface area contributed by atoms with Gasteiger partial charge in [-0.2, -0.15) is 0 Å². The number of methoxy groups -OCH3 is 1. The van der Waals surface area contributed by atoms with Crippen LogP contribution in [0.4, 0.5) is 0 Å². The Morgan fingerprint density at radius 2 is 2.20 bits per heavy atom. The molecule has 0 saturated carbocycles. The number of aromatic nitrogens is 1. The van der Waals surface area contributed by atoms with E-state index >= 15 is 0 Å². The molecule has 6 heteroatoms. The molecule has 0 spiro atoms. The number of aliphatic imine (C=N–C) groups is 1. The highest BCUT2D eigenvalue weighted by molar-refractivity contribution is 6.00. The maximum atomic E-state index is 13.6. The van der Waals surface area contributed by atoms with Crippen LogP contribution in [-0.4, -0.2) is 35.4 Å². The van der Waals surface area contributed by atoms with Gasteiger partial charge in [0, 0.05) is 35.7 Å². The third kappa shape index (κ3) is 3.00. The predicted molar refractivity (Wildman–Crippen MR) is 115 cm³/mol. The van der Waals surface area contributed by atoms with E-state index in [1.54, 1.807) is 16.7 Å². The largest absolute Gasteiger partial charge is 0.504 e. The van der Waals surface area contributed by atoms with E-state index in [4.69, 9.17) is 4.74 Å². The molecule has 1 unspecified atom stereocenters. The quantitative estimate of drug-likeness (QED) is 0.859. The Balaban J connectivity index is 1.67. The van der Waals surface area contributed by atoms with E-state index < -0.39 is 0 Å². The van der Waals surface area contributed by atoms with Crippen molar-refractivity contribution in [1.29, 1.82) is 0 Å². The van der Waals surface area contributed by atoms with Gasteiger partial charge in [0.05, 0.1) is 18.4 Å². The minimum absolute atomic E-state index is 0.0831. The summed E-state index contributed by atoms with van der Waals surface area (Å²) in [4.78, 5) is 22.8. The number of rotatable bonds is 3. The van der Waals surface area contributed by atoms with Gasteiger partial charge in [0.2, 0.25) is 0 Å². The van der Waals surface area contributed by atoms with Crippen LogP contribution < -0.4 is 15.4 Å². The van der Waals surface area contributed by atoms with Gasteiger partial charge in [-0.05, 0) is 43.4 Å². The number of nitrogens with zero attached hydrogens (tertiary/aromatic N) is 3. The summed E-state index contributed by atoms with van der Waals surface area (Å²) in [5, 5.41) is 10.9.